The number of hydrazone groups is 1. The van der Waals surface area contributed by atoms with Crippen molar-refractivity contribution in [3.8, 4) is 5.75 Å². The summed E-state index contributed by atoms with van der Waals surface area (Å²) in [5, 5.41) is 3.98. The molecule has 2 aromatic carbocycles. The monoisotopic (exact) mass is 415 g/mol. The molecule has 1 unspecified atom stereocenters. The second kappa shape index (κ2) is 8.14. The molecule has 3 rings (SSSR count). The molecule has 7 heteroatoms. The molecule has 1 N–H and O–H groups in total. The zero-order valence-electron chi connectivity index (χ0n) is 14.2. The van der Waals surface area contributed by atoms with Gasteiger partial charge in [0.2, 0.25) is 11.8 Å². The standard InChI is InChI=1S/C19H18BrN3O3/c1-26-17-8-6-16(7-9-17)23-12-14(10-18(23)24)19(25)22-21-11-13-2-4-15(20)5-3-13/h2-9,11,14H,10,12H2,1H3,(H,22,25)/b21-11+. The lowest BCUT2D eigenvalue weighted by Crippen LogP contribution is -2.30. The van der Waals surface area contributed by atoms with Crippen LogP contribution in [0.15, 0.2) is 58.1 Å². The first-order valence-corrected chi connectivity index (χ1v) is 8.89. The number of nitrogens with one attached hydrogen (secondary N) is 1. The number of hydrogen-bond acceptors (Lipinski definition) is 4. The van der Waals surface area contributed by atoms with Gasteiger partial charge in [-0.2, -0.15) is 5.10 Å². The van der Waals surface area contributed by atoms with Gasteiger partial charge in [0.05, 0.1) is 19.2 Å². The van der Waals surface area contributed by atoms with Gasteiger partial charge in [-0.3, -0.25) is 9.59 Å². The van der Waals surface area contributed by atoms with Crippen molar-refractivity contribution in [3.63, 3.8) is 0 Å². The Balaban J connectivity index is 1.58. The van der Waals surface area contributed by atoms with Gasteiger partial charge in [-0.05, 0) is 42.0 Å². The third-order valence-corrected chi connectivity index (χ3v) is 4.67. The smallest absolute Gasteiger partial charge is 0.245 e. The van der Waals surface area contributed by atoms with Gasteiger partial charge in [0.1, 0.15) is 5.75 Å². The average molecular weight is 416 g/mol. The number of carbonyl (C=O) groups excluding carboxylic acids is 2. The average Bonchev–Trinajstić information content (AvgIpc) is 3.05. The second-order valence-corrected chi connectivity index (χ2v) is 6.80. The second-order valence-electron chi connectivity index (χ2n) is 5.89. The summed E-state index contributed by atoms with van der Waals surface area (Å²) in [6.07, 6.45) is 1.74. The highest BCUT2D eigenvalue weighted by Gasteiger charge is 2.35. The summed E-state index contributed by atoms with van der Waals surface area (Å²) >= 11 is 3.36. The minimum atomic E-state index is -0.424. The molecule has 0 radical (unpaired) electrons. The molecular weight excluding hydrogens is 398 g/mol. The Morgan fingerprint density at radius 1 is 1.23 bits per heavy atom. The molecule has 0 spiro atoms. The maximum atomic E-state index is 12.3. The Morgan fingerprint density at radius 3 is 2.58 bits per heavy atom. The normalized spacial score (nSPS) is 16.9. The number of carbonyl (C=O) groups is 2. The predicted octanol–water partition coefficient (Wildman–Crippen LogP) is 2.96. The van der Waals surface area contributed by atoms with Crippen LogP contribution in [0.2, 0.25) is 0 Å². The quantitative estimate of drug-likeness (QED) is 0.602. The van der Waals surface area contributed by atoms with Crippen molar-refractivity contribution in [2.24, 2.45) is 11.0 Å². The summed E-state index contributed by atoms with van der Waals surface area (Å²) in [6, 6.07) is 14.7. The molecule has 1 aliphatic heterocycles. The lowest BCUT2D eigenvalue weighted by Gasteiger charge is -2.16. The van der Waals surface area contributed by atoms with Crippen molar-refractivity contribution in [2.45, 2.75) is 6.42 Å². The first kappa shape index (κ1) is 18.1. The van der Waals surface area contributed by atoms with Crippen molar-refractivity contribution < 1.29 is 14.3 Å². The highest BCUT2D eigenvalue weighted by Crippen LogP contribution is 2.26. The predicted molar refractivity (Wildman–Crippen MR) is 103 cm³/mol. The SMILES string of the molecule is COc1ccc(N2CC(C(=O)N/N=C/c3ccc(Br)cc3)CC2=O)cc1. The van der Waals surface area contributed by atoms with Crippen LogP contribution in [0.1, 0.15) is 12.0 Å². The summed E-state index contributed by atoms with van der Waals surface area (Å²) < 4.78 is 6.09. The summed E-state index contributed by atoms with van der Waals surface area (Å²) in [4.78, 5) is 26.1. The summed E-state index contributed by atoms with van der Waals surface area (Å²) in [6.45, 7) is 0.338. The Labute approximate surface area is 160 Å². The number of anilines is 1. The minimum Gasteiger partial charge on any atom is -0.497 e. The molecule has 1 fully saturated rings. The number of ether oxygens (including phenoxy) is 1. The van der Waals surface area contributed by atoms with E-state index in [0.29, 0.717) is 6.54 Å². The molecule has 0 aliphatic carbocycles. The fraction of sp³-hybridized carbons (Fsp3) is 0.211. The van der Waals surface area contributed by atoms with E-state index in [0.717, 1.165) is 21.5 Å². The number of benzene rings is 2. The van der Waals surface area contributed by atoms with E-state index in [-0.39, 0.29) is 18.2 Å². The number of nitrogens with zero attached hydrogens (tertiary/aromatic N) is 2. The van der Waals surface area contributed by atoms with E-state index in [2.05, 4.69) is 26.5 Å². The van der Waals surface area contributed by atoms with Crippen LogP contribution in [0.3, 0.4) is 0 Å². The minimum absolute atomic E-state index is 0.0767. The molecule has 26 heavy (non-hydrogen) atoms. The van der Waals surface area contributed by atoms with Crippen molar-refractivity contribution in [1.82, 2.24) is 5.43 Å². The zero-order valence-corrected chi connectivity index (χ0v) is 15.8. The van der Waals surface area contributed by atoms with Crippen LogP contribution in [-0.2, 0) is 9.59 Å². The molecule has 6 nitrogen and oxygen atoms in total. The molecule has 1 saturated heterocycles. The van der Waals surface area contributed by atoms with E-state index >= 15 is 0 Å². The van der Waals surface area contributed by atoms with Crippen LogP contribution in [-0.4, -0.2) is 31.7 Å². The van der Waals surface area contributed by atoms with E-state index in [9.17, 15) is 9.59 Å². The molecule has 0 saturated carbocycles. The van der Waals surface area contributed by atoms with Crippen molar-refractivity contribution in [1.29, 1.82) is 0 Å². The topological polar surface area (TPSA) is 71.0 Å². The van der Waals surface area contributed by atoms with Crippen LogP contribution < -0.4 is 15.1 Å². The highest BCUT2D eigenvalue weighted by atomic mass is 79.9. The first-order valence-electron chi connectivity index (χ1n) is 8.09. The number of amides is 2. The Bertz CT molecular complexity index is 819. The first-order chi connectivity index (χ1) is 12.6. The van der Waals surface area contributed by atoms with E-state index in [1.807, 2.05) is 36.4 Å². The fourth-order valence-corrected chi connectivity index (χ4v) is 2.97. The Hall–Kier alpha value is -2.67. The highest BCUT2D eigenvalue weighted by molar-refractivity contribution is 9.10. The van der Waals surface area contributed by atoms with Gasteiger partial charge < -0.3 is 9.64 Å². The molecule has 2 aromatic rings. The van der Waals surface area contributed by atoms with Gasteiger partial charge in [-0.25, -0.2) is 5.43 Å². The van der Waals surface area contributed by atoms with E-state index in [4.69, 9.17) is 4.74 Å². The molecule has 0 aromatic heterocycles. The van der Waals surface area contributed by atoms with Crippen molar-refractivity contribution >= 4 is 39.6 Å². The zero-order chi connectivity index (χ0) is 18.5. The van der Waals surface area contributed by atoms with Crippen LogP contribution in [0.5, 0.6) is 5.75 Å². The van der Waals surface area contributed by atoms with Gasteiger partial charge in [-0.1, -0.05) is 28.1 Å². The maximum absolute atomic E-state index is 12.3. The molecule has 1 atom stereocenters. The number of halogens is 1. The Morgan fingerprint density at radius 2 is 1.92 bits per heavy atom. The lowest BCUT2D eigenvalue weighted by atomic mass is 10.1. The summed E-state index contributed by atoms with van der Waals surface area (Å²) in [5.41, 5.74) is 4.14. The van der Waals surface area contributed by atoms with Crippen molar-refractivity contribution in [3.05, 3.63) is 58.6 Å². The van der Waals surface area contributed by atoms with Crippen LogP contribution >= 0.6 is 15.9 Å². The summed E-state index contributed by atoms with van der Waals surface area (Å²) in [5.74, 6) is -0.0430. The third-order valence-electron chi connectivity index (χ3n) is 4.14. The van der Waals surface area contributed by atoms with Gasteiger partial charge in [0, 0.05) is 23.1 Å². The number of rotatable bonds is 5. The molecule has 2 amide bonds. The van der Waals surface area contributed by atoms with Crippen molar-refractivity contribution in [2.75, 3.05) is 18.6 Å². The van der Waals surface area contributed by atoms with E-state index in [1.54, 1.807) is 30.4 Å². The van der Waals surface area contributed by atoms with Crippen LogP contribution in [0.25, 0.3) is 0 Å². The Kier molecular flexibility index (Phi) is 5.68. The van der Waals surface area contributed by atoms with Gasteiger partial charge >= 0.3 is 0 Å². The molecule has 1 heterocycles. The summed E-state index contributed by atoms with van der Waals surface area (Å²) in [7, 11) is 1.59. The number of hydrogen-bond donors (Lipinski definition) is 1. The number of methoxy groups -OCH3 is 1. The lowest BCUT2D eigenvalue weighted by molar-refractivity contribution is -0.126. The molecule has 0 bridgehead atoms. The largest absolute Gasteiger partial charge is 0.497 e. The van der Waals surface area contributed by atoms with Gasteiger partial charge in [0.25, 0.3) is 0 Å². The van der Waals surface area contributed by atoms with Gasteiger partial charge in [-0.15, -0.1) is 0 Å². The van der Waals surface area contributed by atoms with Crippen LogP contribution in [0, 0.1) is 5.92 Å². The molecule has 1 aliphatic rings. The molecular formula is C19H18BrN3O3. The third kappa shape index (κ3) is 4.29. The van der Waals surface area contributed by atoms with E-state index in [1.165, 1.54) is 0 Å². The maximum Gasteiger partial charge on any atom is 0.245 e. The van der Waals surface area contributed by atoms with Gasteiger partial charge in [0.15, 0.2) is 0 Å². The van der Waals surface area contributed by atoms with Crippen LogP contribution in [0.4, 0.5) is 5.69 Å². The molecule has 134 valence electrons. The van der Waals surface area contributed by atoms with E-state index < -0.39 is 5.92 Å². The fourth-order valence-electron chi connectivity index (χ4n) is 2.71.